The highest BCUT2D eigenvalue weighted by Crippen LogP contribution is 2.37. The Bertz CT molecular complexity index is 402. The molecule has 1 aliphatic heterocycles. The Balaban J connectivity index is 2.10. The van der Waals surface area contributed by atoms with Gasteiger partial charge >= 0.3 is 0 Å². The van der Waals surface area contributed by atoms with Gasteiger partial charge in [-0.25, -0.2) is 0 Å². The highest BCUT2D eigenvalue weighted by atomic mass is 35.5. The van der Waals surface area contributed by atoms with Gasteiger partial charge in [-0.3, -0.25) is 0 Å². The Labute approximate surface area is 111 Å². The van der Waals surface area contributed by atoms with E-state index in [1.807, 2.05) is 0 Å². The molecular weight excluding hydrogens is 256 g/mol. The summed E-state index contributed by atoms with van der Waals surface area (Å²) >= 11 is 6.13. The van der Waals surface area contributed by atoms with Crippen molar-refractivity contribution in [1.29, 1.82) is 0 Å². The second-order valence-corrected chi connectivity index (χ2v) is 4.71. The van der Waals surface area contributed by atoms with E-state index in [1.165, 1.54) is 0 Å². The normalized spacial score (nSPS) is 18.9. The van der Waals surface area contributed by atoms with Crippen molar-refractivity contribution < 1.29 is 19.3 Å². The van der Waals surface area contributed by atoms with Crippen LogP contribution in [0.1, 0.15) is 12.0 Å². The summed E-state index contributed by atoms with van der Waals surface area (Å²) in [6.45, 7) is 2.01. The highest BCUT2D eigenvalue weighted by molar-refractivity contribution is 6.32. The van der Waals surface area contributed by atoms with Crippen LogP contribution in [0.25, 0.3) is 0 Å². The lowest BCUT2D eigenvalue weighted by molar-refractivity contribution is 0.165. The summed E-state index contributed by atoms with van der Waals surface area (Å²) in [6, 6.07) is 3.41. The molecule has 18 heavy (non-hydrogen) atoms. The van der Waals surface area contributed by atoms with Crippen LogP contribution in [0.5, 0.6) is 11.5 Å². The van der Waals surface area contributed by atoms with Crippen LogP contribution in [0.4, 0.5) is 0 Å². The lowest BCUT2D eigenvalue weighted by atomic mass is 10.1. The van der Waals surface area contributed by atoms with Gasteiger partial charge in [0, 0.05) is 12.5 Å². The van der Waals surface area contributed by atoms with E-state index in [-0.39, 0.29) is 6.61 Å². The molecule has 1 unspecified atom stereocenters. The molecule has 1 heterocycles. The molecule has 1 aliphatic rings. The first-order valence-corrected chi connectivity index (χ1v) is 6.30. The Morgan fingerprint density at radius 2 is 2.33 bits per heavy atom. The van der Waals surface area contributed by atoms with Gasteiger partial charge in [0.1, 0.15) is 0 Å². The second-order valence-electron chi connectivity index (χ2n) is 4.31. The molecule has 1 aromatic rings. The van der Waals surface area contributed by atoms with E-state index in [0.29, 0.717) is 34.6 Å². The van der Waals surface area contributed by atoms with Crippen molar-refractivity contribution in [3.8, 4) is 11.5 Å². The SMILES string of the molecule is COc1cc(CO)cc(Cl)c1OCC1CCOC1. The monoisotopic (exact) mass is 272 g/mol. The van der Waals surface area contributed by atoms with Crippen LogP contribution in [-0.4, -0.2) is 32.0 Å². The summed E-state index contributed by atoms with van der Waals surface area (Å²) in [4.78, 5) is 0. The van der Waals surface area contributed by atoms with Crippen LogP contribution < -0.4 is 9.47 Å². The van der Waals surface area contributed by atoms with Crippen molar-refractivity contribution in [3.63, 3.8) is 0 Å². The van der Waals surface area contributed by atoms with Crippen LogP contribution in [-0.2, 0) is 11.3 Å². The maximum atomic E-state index is 9.10. The van der Waals surface area contributed by atoms with Gasteiger partial charge in [-0.1, -0.05) is 11.6 Å². The zero-order valence-corrected chi connectivity index (χ0v) is 11.1. The molecule has 1 fully saturated rings. The lowest BCUT2D eigenvalue weighted by Crippen LogP contribution is -2.12. The zero-order valence-electron chi connectivity index (χ0n) is 10.3. The highest BCUT2D eigenvalue weighted by Gasteiger charge is 2.18. The minimum absolute atomic E-state index is 0.0766. The number of ether oxygens (including phenoxy) is 3. The van der Waals surface area contributed by atoms with E-state index in [2.05, 4.69) is 0 Å². The number of aliphatic hydroxyl groups excluding tert-OH is 1. The molecule has 1 saturated heterocycles. The molecular formula is C13H17ClO4. The van der Waals surface area contributed by atoms with Gasteiger partial charge < -0.3 is 19.3 Å². The zero-order chi connectivity index (χ0) is 13.0. The van der Waals surface area contributed by atoms with E-state index in [0.717, 1.165) is 19.6 Å². The average molecular weight is 273 g/mol. The van der Waals surface area contributed by atoms with Crippen molar-refractivity contribution in [2.45, 2.75) is 13.0 Å². The molecule has 0 radical (unpaired) electrons. The van der Waals surface area contributed by atoms with Crippen LogP contribution in [0.2, 0.25) is 5.02 Å². The first-order valence-electron chi connectivity index (χ1n) is 5.92. The summed E-state index contributed by atoms with van der Waals surface area (Å²) in [5.74, 6) is 1.48. The predicted octanol–water partition coefficient (Wildman–Crippen LogP) is 2.26. The predicted molar refractivity (Wildman–Crippen MR) is 68.3 cm³/mol. The van der Waals surface area contributed by atoms with Crippen molar-refractivity contribution in [2.24, 2.45) is 5.92 Å². The fourth-order valence-corrected chi connectivity index (χ4v) is 2.21. The van der Waals surface area contributed by atoms with Crippen molar-refractivity contribution >= 4 is 11.6 Å². The Morgan fingerprint density at radius 3 is 2.94 bits per heavy atom. The maximum absolute atomic E-state index is 9.10. The number of hydrogen-bond donors (Lipinski definition) is 1. The third kappa shape index (κ3) is 3.07. The smallest absolute Gasteiger partial charge is 0.179 e. The molecule has 100 valence electrons. The van der Waals surface area contributed by atoms with E-state index in [1.54, 1.807) is 19.2 Å². The molecule has 1 atom stereocenters. The third-order valence-corrected chi connectivity index (χ3v) is 3.24. The summed E-state index contributed by atoms with van der Waals surface area (Å²) < 4.78 is 16.2. The largest absolute Gasteiger partial charge is 0.493 e. The van der Waals surface area contributed by atoms with Crippen LogP contribution >= 0.6 is 11.6 Å². The Morgan fingerprint density at radius 1 is 1.50 bits per heavy atom. The quantitative estimate of drug-likeness (QED) is 0.893. The minimum atomic E-state index is -0.0766. The third-order valence-electron chi connectivity index (χ3n) is 2.96. The summed E-state index contributed by atoms with van der Waals surface area (Å²) in [7, 11) is 1.55. The molecule has 2 rings (SSSR count). The first kappa shape index (κ1) is 13.5. The summed E-state index contributed by atoms with van der Waals surface area (Å²) in [5.41, 5.74) is 0.702. The molecule has 1 N–H and O–H groups in total. The van der Waals surface area contributed by atoms with Gasteiger partial charge in [0.05, 0.1) is 32.0 Å². The number of methoxy groups -OCH3 is 1. The van der Waals surface area contributed by atoms with Gasteiger partial charge in [-0.15, -0.1) is 0 Å². The molecule has 0 aromatic heterocycles. The summed E-state index contributed by atoms with van der Waals surface area (Å²) in [5, 5.41) is 9.56. The Kier molecular flexibility index (Phi) is 4.69. The number of hydrogen-bond acceptors (Lipinski definition) is 4. The molecule has 4 nitrogen and oxygen atoms in total. The van der Waals surface area contributed by atoms with Gasteiger partial charge in [0.25, 0.3) is 0 Å². The fraction of sp³-hybridized carbons (Fsp3) is 0.538. The van der Waals surface area contributed by atoms with Crippen LogP contribution in [0.3, 0.4) is 0 Å². The van der Waals surface area contributed by atoms with Crippen LogP contribution in [0.15, 0.2) is 12.1 Å². The Hall–Kier alpha value is -0.970. The standard InChI is InChI=1S/C13H17ClO4/c1-16-12-5-10(6-15)4-11(14)13(12)18-8-9-2-3-17-7-9/h4-5,9,15H,2-3,6-8H2,1H3. The van der Waals surface area contributed by atoms with E-state index in [4.69, 9.17) is 30.9 Å². The lowest BCUT2D eigenvalue weighted by Gasteiger charge is -2.15. The molecule has 5 heteroatoms. The van der Waals surface area contributed by atoms with Gasteiger partial charge in [0.2, 0.25) is 0 Å². The van der Waals surface area contributed by atoms with Crippen molar-refractivity contribution in [1.82, 2.24) is 0 Å². The second kappa shape index (κ2) is 6.27. The average Bonchev–Trinajstić information content (AvgIpc) is 2.89. The molecule has 0 amide bonds. The van der Waals surface area contributed by atoms with Gasteiger partial charge in [-0.2, -0.15) is 0 Å². The van der Waals surface area contributed by atoms with E-state index >= 15 is 0 Å². The molecule has 0 spiro atoms. The summed E-state index contributed by atoms with van der Waals surface area (Å²) in [6.07, 6.45) is 1.01. The number of rotatable bonds is 5. The molecule has 0 aliphatic carbocycles. The van der Waals surface area contributed by atoms with Crippen molar-refractivity contribution in [3.05, 3.63) is 22.7 Å². The minimum Gasteiger partial charge on any atom is -0.493 e. The topological polar surface area (TPSA) is 47.9 Å². The molecule has 1 aromatic carbocycles. The maximum Gasteiger partial charge on any atom is 0.179 e. The van der Waals surface area contributed by atoms with Gasteiger partial charge in [0.15, 0.2) is 11.5 Å². The molecule has 0 saturated carbocycles. The number of halogens is 1. The van der Waals surface area contributed by atoms with E-state index in [9.17, 15) is 0 Å². The van der Waals surface area contributed by atoms with Crippen molar-refractivity contribution in [2.75, 3.05) is 26.9 Å². The number of aliphatic hydroxyl groups is 1. The molecule has 0 bridgehead atoms. The van der Waals surface area contributed by atoms with E-state index < -0.39 is 0 Å². The fourth-order valence-electron chi connectivity index (χ4n) is 1.92. The first-order chi connectivity index (χ1) is 8.74. The number of benzene rings is 1. The van der Waals surface area contributed by atoms with Crippen LogP contribution in [0, 0.1) is 5.92 Å². The van der Waals surface area contributed by atoms with Gasteiger partial charge in [-0.05, 0) is 24.1 Å².